The number of nitrogens with zero attached hydrogens (tertiary/aromatic N) is 4. The molecule has 0 amide bonds. The second-order valence-corrected chi connectivity index (χ2v) is 6.33. The van der Waals surface area contributed by atoms with Crippen LogP contribution in [0.25, 0.3) is 5.65 Å². The van der Waals surface area contributed by atoms with Crippen LogP contribution in [0, 0.1) is 5.92 Å². The summed E-state index contributed by atoms with van der Waals surface area (Å²) in [6.45, 7) is 4.11. The summed E-state index contributed by atoms with van der Waals surface area (Å²) in [6.07, 6.45) is 13.2. The van der Waals surface area contributed by atoms with Crippen LogP contribution in [0.15, 0.2) is 24.8 Å². The molecule has 5 heteroatoms. The molecule has 0 N–H and O–H groups in total. The molecule has 5 nitrogen and oxygen atoms in total. The highest BCUT2D eigenvalue weighted by Crippen LogP contribution is 2.30. The van der Waals surface area contributed by atoms with E-state index in [2.05, 4.69) is 19.3 Å². The van der Waals surface area contributed by atoms with E-state index in [1.54, 1.807) is 6.20 Å². The first kappa shape index (κ1) is 13.2. The molecule has 0 aromatic carbocycles. The van der Waals surface area contributed by atoms with Crippen LogP contribution >= 0.6 is 0 Å². The first-order valence-corrected chi connectivity index (χ1v) is 7.98. The maximum Gasteiger partial charge on any atom is 0.155 e. The molecule has 2 aromatic heterocycles. The Morgan fingerprint density at radius 3 is 3.10 bits per heavy atom. The smallest absolute Gasteiger partial charge is 0.155 e. The minimum atomic E-state index is 0.417. The van der Waals surface area contributed by atoms with Crippen molar-refractivity contribution >= 4 is 5.65 Å². The lowest BCUT2D eigenvalue weighted by Gasteiger charge is -2.32. The van der Waals surface area contributed by atoms with Crippen LogP contribution in [-0.4, -0.2) is 45.1 Å². The Labute approximate surface area is 124 Å². The number of rotatable bonds is 5. The zero-order chi connectivity index (χ0) is 14.1. The quantitative estimate of drug-likeness (QED) is 0.844. The normalized spacial score (nSPS) is 23.7. The second-order valence-electron chi connectivity index (χ2n) is 6.33. The van der Waals surface area contributed by atoms with Crippen LogP contribution in [-0.2, 0) is 11.3 Å². The van der Waals surface area contributed by atoms with Gasteiger partial charge in [-0.05, 0) is 38.1 Å². The van der Waals surface area contributed by atoms with E-state index < -0.39 is 0 Å². The molecule has 1 saturated heterocycles. The average Bonchev–Trinajstić information content (AvgIpc) is 3.27. The van der Waals surface area contributed by atoms with Crippen LogP contribution in [0.3, 0.4) is 0 Å². The molecule has 0 radical (unpaired) electrons. The van der Waals surface area contributed by atoms with Crippen LogP contribution in [0.2, 0.25) is 0 Å². The van der Waals surface area contributed by atoms with Gasteiger partial charge in [0, 0.05) is 32.1 Å². The lowest BCUT2D eigenvalue weighted by atomic mass is 10.1. The van der Waals surface area contributed by atoms with Crippen molar-refractivity contribution < 1.29 is 4.74 Å². The molecule has 1 saturated carbocycles. The highest BCUT2D eigenvalue weighted by Gasteiger charge is 2.26. The first-order chi connectivity index (χ1) is 10.4. The van der Waals surface area contributed by atoms with Gasteiger partial charge in [0.2, 0.25) is 0 Å². The summed E-state index contributed by atoms with van der Waals surface area (Å²) >= 11 is 0. The van der Waals surface area contributed by atoms with Crippen molar-refractivity contribution in [2.45, 2.75) is 38.3 Å². The molecule has 1 aliphatic carbocycles. The van der Waals surface area contributed by atoms with Crippen molar-refractivity contribution in [1.29, 1.82) is 0 Å². The lowest BCUT2D eigenvalue weighted by molar-refractivity contribution is -0.00757. The summed E-state index contributed by atoms with van der Waals surface area (Å²) in [5, 5.41) is 0. The molecule has 2 fully saturated rings. The first-order valence-electron chi connectivity index (χ1n) is 7.98. The van der Waals surface area contributed by atoms with E-state index in [0.29, 0.717) is 6.10 Å². The third kappa shape index (κ3) is 3.09. The zero-order valence-electron chi connectivity index (χ0n) is 12.3. The predicted molar refractivity (Wildman–Crippen MR) is 80.0 cm³/mol. The third-order valence-corrected chi connectivity index (χ3v) is 4.51. The van der Waals surface area contributed by atoms with E-state index in [1.165, 1.54) is 31.4 Å². The average molecular weight is 286 g/mol. The van der Waals surface area contributed by atoms with Gasteiger partial charge in [-0.25, -0.2) is 4.98 Å². The molecule has 0 spiro atoms. The number of hydrogen-bond acceptors (Lipinski definition) is 4. The van der Waals surface area contributed by atoms with Gasteiger partial charge >= 0.3 is 0 Å². The highest BCUT2D eigenvalue weighted by molar-refractivity contribution is 5.36. The fourth-order valence-corrected chi connectivity index (χ4v) is 3.09. The van der Waals surface area contributed by atoms with Gasteiger partial charge in [0.15, 0.2) is 5.65 Å². The molecule has 0 bridgehead atoms. The summed E-state index contributed by atoms with van der Waals surface area (Å²) in [5.41, 5.74) is 2.15. The second kappa shape index (κ2) is 5.73. The maximum atomic E-state index is 6.07. The van der Waals surface area contributed by atoms with Gasteiger partial charge < -0.3 is 4.74 Å². The predicted octanol–water partition coefficient (Wildman–Crippen LogP) is 2.12. The summed E-state index contributed by atoms with van der Waals surface area (Å²) in [7, 11) is 0. The molecule has 21 heavy (non-hydrogen) atoms. The van der Waals surface area contributed by atoms with Crippen LogP contribution in [0.4, 0.5) is 0 Å². The number of fused-ring (bicyclic) bond motifs is 1. The summed E-state index contributed by atoms with van der Waals surface area (Å²) in [6, 6.07) is 0. The van der Waals surface area contributed by atoms with Crippen molar-refractivity contribution in [3.8, 4) is 0 Å². The topological polar surface area (TPSA) is 42.7 Å². The minimum absolute atomic E-state index is 0.417. The number of hydrogen-bond donors (Lipinski definition) is 0. The number of likely N-dealkylation sites (tertiary alicyclic amines) is 1. The van der Waals surface area contributed by atoms with Crippen molar-refractivity contribution in [2.75, 3.05) is 19.7 Å². The standard InChI is InChI=1S/C16H22N4O/c1-2-15(21-12-13-3-4-13)11-19(6-1)10-14-8-18-16-9-17-5-7-20(14)16/h5,7-9,13,15H,1-4,6,10-12H2. The Morgan fingerprint density at radius 2 is 2.19 bits per heavy atom. The van der Waals surface area contributed by atoms with E-state index in [-0.39, 0.29) is 0 Å². The molecule has 1 aliphatic heterocycles. The van der Waals surface area contributed by atoms with Crippen molar-refractivity contribution in [3.05, 3.63) is 30.5 Å². The van der Waals surface area contributed by atoms with Gasteiger partial charge in [-0.3, -0.25) is 14.3 Å². The van der Waals surface area contributed by atoms with Crippen molar-refractivity contribution in [3.63, 3.8) is 0 Å². The van der Waals surface area contributed by atoms with Gasteiger partial charge in [0.25, 0.3) is 0 Å². The molecule has 2 aromatic rings. The summed E-state index contributed by atoms with van der Waals surface area (Å²) < 4.78 is 8.20. The van der Waals surface area contributed by atoms with Crippen LogP contribution in [0.1, 0.15) is 31.4 Å². The van der Waals surface area contributed by atoms with Gasteiger partial charge in [-0.2, -0.15) is 0 Å². The summed E-state index contributed by atoms with van der Waals surface area (Å²) in [5.74, 6) is 0.853. The SMILES string of the molecule is c1cn2c(CN3CCCC(OCC4CC4)C3)cnc2cn1. The molecular weight excluding hydrogens is 264 g/mol. The third-order valence-electron chi connectivity index (χ3n) is 4.51. The molecule has 2 aliphatic rings. The number of imidazole rings is 1. The number of ether oxygens (including phenoxy) is 1. The highest BCUT2D eigenvalue weighted by atomic mass is 16.5. The number of aromatic nitrogens is 3. The van der Waals surface area contributed by atoms with Crippen molar-refractivity contribution in [1.82, 2.24) is 19.3 Å². The largest absolute Gasteiger partial charge is 0.377 e. The Balaban J connectivity index is 1.39. The van der Waals surface area contributed by atoms with Gasteiger partial charge in [0.05, 0.1) is 24.2 Å². The van der Waals surface area contributed by atoms with Gasteiger partial charge in [-0.15, -0.1) is 0 Å². The monoisotopic (exact) mass is 286 g/mol. The van der Waals surface area contributed by atoms with E-state index in [1.807, 2.05) is 18.6 Å². The van der Waals surface area contributed by atoms with E-state index >= 15 is 0 Å². The summed E-state index contributed by atoms with van der Waals surface area (Å²) in [4.78, 5) is 11.0. The van der Waals surface area contributed by atoms with Crippen molar-refractivity contribution in [2.24, 2.45) is 5.92 Å². The molecular formula is C16H22N4O. The Morgan fingerprint density at radius 1 is 1.24 bits per heavy atom. The molecule has 4 rings (SSSR count). The lowest BCUT2D eigenvalue weighted by Crippen LogP contribution is -2.39. The molecule has 3 heterocycles. The van der Waals surface area contributed by atoms with Gasteiger partial charge in [-0.1, -0.05) is 0 Å². The molecule has 1 atom stereocenters. The van der Waals surface area contributed by atoms with E-state index in [4.69, 9.17) is 4.74 Å². The van der Waals surface area contributed by atoms with Crippen LogP contribution in [0.5, 0.6) is 0 Å². The van der Waals surface area contributed by atoms with Gasteiger partial charge in [0.1, 0.15) is 0 Å². The Kier molecular flexibility index (Phi) is 3.61. The minimum Gasteiger partial charge on any atom is -0.377 e. The van der Waals surface area contributed by atoms with Crippen LogP contribution < -0.4 is 0 Å². The fourth-order valence-electron chi connectivity index (χ4n) is 3.09. The Bertz CT molecular complexity index is 607. The maximum absolute atomic E-state index is 6.07. The van der Waals surface area contributed by atoms with E-state index in [9.17, 15) is 0 Å². The molecule has 112 valence electrons. The number of piperidine rings is 1. The molecule has 1 unspecified atom stereocenters. The Hall–Kier alpha value is -1.46. The van der Waals surface area contributed by atoms with E-state index in [0.717, 1.165) is 37.8 Å². The fraction of sp³-hybridized carbons (Fsp3) is 0.625. The zero-order valence-corrected chi connectivity index (χ0v) is 12.3.